The molecule has 9 heteroatoms. The van der Waals surface area contributed by atoms with Gasteiger partial charge in [-0.1, -0.05) is 0 Å². The van der Waals surface area contributed by atoms with Crippen LogP contribution in [0.5, 0.6) is 0 Å². The van der Waals surface area contributed by atoms with E-state index in [1.807, 2.05) is 6.92 Å². The quantitative estimate of drug-likeness (QED) is 0.694. The van der Waals surface area contributed by atoms with Crippen LogP contribution in [-0.4, -0.2) is 50.1 Å². The minimum atomic E-state index is -3.88. The number of primary sulfonamides is 1. The summed E-state index contributed by atoms with van der Waals surface area (Å²) in [6, 6.07) is 0. The molecule has 0 aliphatic carbocycles. The van der Waals surface area contributed by atoms with E-state index in [4.69, 9.17) is 14.6 Å². The minimum Gasteiger partial charge on any atom is -0.383 e. The monoisotopic (exact) mass is 292 g/mol. The third-order valence-electron chi connectivity index (χ3n) is 2.74. The van der Waals surface area contributed by atoms with Crippen molar-refractivity contribution in [3.05, 3.63) is 5.82 Å². The zero-order chi connectivity index (χ0) is 14.5. The van der Waals surface area contributed by atoms with Gasteiger partial charge in [0.05, 0.1) is 12.7 Å². The van der Waals surface area contributed by atoms with E-state index in [9.17, 15) is 8.42 Å². The number of aromatic nitrogens is 3. The van der Waals surface area contributed by atoms with E-state index < -0.39 is 10.0 Å². The number of sulfonamides is 1. The van der Waals surface area contributed by atoms with Crippen molar-refractivity contribution in [3.8, 4) is 0 Å². The van der Waals surface area contributed by atoms with E-state index in [-0.39, 0.29) is 11.3 Å². The van der Waals surface area contributed by atoms with Gasteiger partial charge in [-0.2, -0.15) is 0 Å². The molecule has 0 aliphatic heterocycles. The van der Waals surface area contributed by atoms with Crippen molar-refractivity contribution in [1.82, 2.24) is 14.8 Å². The number of ether oxygens (including phenoxy) is 2. The van der Waals surface area contributed by atoms with Crippen LogP contribution in [0.1, 0.15) is 19.2 Å². The third-order valence-corrected chi connectivity index (χ3v) is 3.55. The molecular formula is C10H20N4O4S. The Morgan fingerprint density at radius 2 is 2.05 bits per heavy atom. The number of methoxy groups -OCH3 is 2. The predicted octanol–water partition coefficient (Wildman–Crippen LogP) is -0.461. The van der Waals surface area contributed by atoms with E-state index in [1.54, 1.807) is 7.11 Å². The Labute approximate surface area is 113 Å². The number of aryl methyl sites for hydroxylation is 1. The molecular weight excluding hydrogens is 272 g/mol. The number of nitrogens with zero attached hydrogens (tertiary/aromatic N) is 3. The first kappa shape index (κ1) is 16.0. The van der Waals surface area contributed by atoms with E-state index in [2.05, 4.69) is 10.2 Å². The molecule has 0 bridgehead atoms. The fraction of sp³-hybridized carbons (Fsp3) is 0.800. The van der Waals surface area contributed by atoms with Crippen LogP contribution in [0.3, 0.4) is 0 Å². The molecule has 110 valence electrons. The van der Waals surface area contributed by atoms with Gasteiger partial charge in [-0.25, -0.2) is 13.6 Å². The first-order chi connectivity index (χ1) is 8.90. The molecule has 1 aromatic heterocycles. The Bertz CT molecular complexity index is 500. The smallest absolute Gasteiger partial charge is 0.273 e. The summed E-state index contributed by atoms with van der Waals surface area (Å²) in [5.74, 6) is 0.560. The van der Waals surface area contributed by atoms with E-state index >= 15 is 0 Å². The van der Waals surface area contributed by atoms with E-state index in [0.29, 0.717) is 31.8 Å². The number of nitrogens with two attached hydrogens (primary N) is 1. The Morgan fingerprint density at radius 3 is 2.58 bits per heavy atom. The van der Waals surface area contributed by atoms with Crippen molar-refractivity contribution in [1.29, 1.82) is 0 Å². The van der Waals surface area contributed by atoms with Crippen molar-refractivity contribution < 1.29 is 17.9 Å². The predicted molar refractivity (Wildman–Crippen MR) is 68.1 cm³/mol. The van der Waals surface area contributed by atoms with E-state index in [1.165, 1.54) is 11.7 Å². The van der Waals surface area contributed by atoms with Gasteiger partial charge in [-0.3, -0.25) is 4.57 Å². The molecule has 0 fully saturated rings. The molecule has 1 atom stereocenters. The highest BCUT2D eigenvalue weighted by atomic mass is 32.2. The second-order valence-electron chi connectivity index (χ2n) is 4.17. The molecule has 8 nitrogen and oxygen atoms in total. The summed E-state index contributed by atoms with van der Waals surface area (Å²) in [5.41, 5.74) is 0. The minimum absolute atomic E-state index is 0.0607. The summed E-state index contributed by atoms with van der Waals surface area (Å²) in [5, 5.41) is 12.4. The molecule has 1 unspecified atom stereocenters. The summed E-state index contributed by atoms with van der Waals surface area (Å²) >= 11 is 0. The Morgan fingerprint density at radius 1 is 1.37 bits per heavy atom. The molecule has 0 aliphatic rings. The van der Waals surface area contributed by atoms with Gasteiger partial charge in [0.25, 0.3) is 15.2 Å². The SMILES string of the molecule is COCCn1c(CCC(C)OC)nnc1S(N)(=O)=O. The van der Waals surface area contributed by atoms with Gasteiger partial charge >= 0.3 is 0 Å². The Hall–Kier alpha value is -1.03. The lowest BCUT2D eigenvalue weighted by atomic mass is 10.2. The average molecular weight is 292 g/mol. The first-order valence-electron chi connectivity index (χ1n) is 5.86. The van der Waals surface area contributed by atoms with Crippen LogP contribution >= 0.6 is 0 Å². The zero-order valence-electron chi connectivity index (χ0n) is 11.4. The molecule has 0 aromatic carbocycles. The van der Waals surface area contributed by atoms with Crippen molar-refractivity contribution >= 4 is 10.0 Å². The van der Waals surface area contributed by atoms with Gasteiger partial charge in [-0.15, -0.1) is 10.2 Å². The Kier molecular flexibility index (Phi) is 5.85. The normalized spacial score (nSPS) is 13.7. The molecule has 0 radical (unpaired) electrons. The van der Waals surface area contributed by atoms with Crippen LogP contribution in [0.2, 0.25) is 0 Å². The molecule has 19 heavy (non-hydrogen) atoms. The summed E-state index contributed by atoms with van der Waals surface area (Å²) in [6.45, 7) is 2.62. The average Bonchev–Trinajstić information content (AvgIpc) is 2.76. The first-order valence-corrected chi connectivity index (χ1v) is 7.41. The van der Waals surface area contributed by atoms with Crippen LogP contribution < -0.4 is 5.14 Å². The van der Waals surface area contributed by atoms with Crippen molar-refractivity contribution in [2.45, 2.75) is 37.6 Å². The van der Waals surface area contributed by atoms with Crippen LogP contribution in [0.4, 0.5) is 0 Å². The van der Waals surface area contributed by atoms with Gasteiger partial charge in [0, 0.05) is 27.2 Å². The highest BCUT2D eigenvalue weighted by Gasteiger charge is 2.21. The molecule has 2 N–H and O–H groups in total. The van der Waals surface area contributed by atoms with Gasteiger partial charge < -0.3 is 9.47 Å². The van der Waals surface area contributed by atoms with Crippen LogP contribution in [0, 0.1) is 0 Å². The second-order valence-corrected chi connectivity index (χ2v) is 5.63. The molecule has 1 heterocycles. The summed E-state index contributed by atoms with van der Waals surface area (Å²) < 4.78 is 34.4. The standard InChI is InChI=1S/C10H20N4O4S/c1-8(18-3)4-5-9-12-13-10(19(11,15)16)14(9)6-7-17-2/h8H,4-7H2,1-3H3,(H2,11,15,16). The van der Waals surface area contributed by atoms with Crippen molar-refractivity contribution in [2.75, 3.05) is 20.8 Å². The van der Waals surface area contributed by atoms with Crippen LogP contribution in [-0.2, 0) is 32.5 Å². The topological polar surface area (TPSA) is 109 Å². The van der Waals surface area contributed by atoms with Crippen molar-refractivity contribution in [3.63, 3.8) is 0 Å². The maximum absolute atomic E-state index is 11.4. The lowest BCUT2D eigenvalue weighted by Crippen LogP contribution is -2.21. The van der Waals surface area contributed by atoms with Gasteiger partial charge in [0.2, 0.25) is 0 Å². The lowest BCUT2D eigenvalue weighted by molar-refractivity contribution is 0.110. The fourth-order valence-electron chi connectivity index (χ4n) is 1.57. The lowest BCUT2D eigenvalue weighted by Gasteiger charge is -2.11. The zero-order valence-corrected chi connectivity index (χ0v) is 12.2. The van der Waals surface area contributed by atoms with E-state index in [0.717, 1.165) is 0 Å². The fourth-order valence-corrected chi connectivity index (χ4v) is 2.23. The molecule has 1 rings (SSSR count). The maximum Gasteiger partial charge on any atom is 0.273 e. The van der Waals surface area contributed by atoms with Gasteiger partial charge in [-0.05, 0) is 13.3 Å². The van der Waals surface area contributed by atoms with Crippen LogP contribution in [0.15, 0.2) is 5.16 Å². The largest absolute Gasteiger partial charge is 0.383 e. The van der Waals surface area contributed by atoms with Crippen LogP contribution in [0.25, 0.3) is 0 Å². The molecule has 0 spiro atoms. The van der Waals surface area contributed by atoms with Gasteiger partial charge in [0.15, 0.2) is 0 Å². The number of hydrogen-bond acceptors (Lipinski definition) is 6. The second kappa shape index (κ2) is 6.94. The summed E-state index contributed by atoms with van der Waals surface area (Å²) in [6.07, 6.45) is 1.33. The molecule has 0 saturated carbocycles. The molecule has 0 saturated heterocycles. The summed E-state index contributed by atoms with van der Waals surface area (Å²) in [7, 11) is -0.728. The van der Waals surface area contributed by atoms with Crippen molar-refractivity contribution in [2.24, 2.45) is 5.14 Å². The number of hydrogen-bond donors (Lipinski definition) is 1. The van der Waals surface area contributed by atoms with Gasteiger partial charge in [0.1, 0.15) is 5.82 Å². The molecule has 1 aromatic rings. The Balaban J connectivity index is 2.94. The highest BCUT2D eigenvalue weighted by molar-refractivity contribution is 7.89. The number of rotatable bonds is 8. The molecule has 0 amide bonds. The third kappa shape index (κ3) is 4.53. The maximum atomic E-state index is 11.4. The highest BCUT2D eigenvalue weighted by Crippen LogP contribution is 2.10. The summed E-state index contributed by atoms with van der Waals surface area (Å²) in [4.78, 5) is 0.